The number of benzene rings is 2. The Bertz CT molecular complexity index is 1850. The fourth-order valence-corrected chi connectivity index (χ4v) is 6.65. The highest BCUT2D eigenvalue weighted by atomic mass is 32.2. The van der Waals surface area contributed by atoms with Crippen molar-refractivity contribution in [2.24, 2.45) is 0 Å². The van der Waals surface area contributed by atoms with Gasteiger partial charge in [0.2, 0.25) is 5.91 Å². The summed E-state index contributed by atoms with van der Waals surface area (Å²) in [6.07, 6.45) is -7.45. The van der Waals surface area contributed by atoms with Gasteiger partial charge in [0.05, 0.1) is 29.2 Å². The number of nitrogens with one attached hydrogen (secondary N) is 2. The predicted octanol–water partition coefficient (Wildman–Crippen LogP) is 6.14. The highest BCUT2D eigenvalue weighted by Crippen LogP contribution is 2.40. The highest BCUT2D eigenvalue weighted by Gasteiger charge is 2.37. The van der Waals surface area contributed by atoms with Gasteiger partial charge in [-0.25, -0.2) is 9.78 Å². The molecule has 18 heteroatoms. The SMILES string of the molecule is O=C(CCN1C(=O)C(=Cc2cc(-c3cc(C(F)(F)F)cc(C(F)(F)F)c3)ccc2NCCN2CCOCC2)SC1=S)NCc1ccnc(C(=O)O)c1. The van der Waals surface area contributed by atoms with Crippen molar-refractivity contribution in [3.63, 3.8) is 0 Å². The monoisotopic (exact) mass is 767 g/mol. The molecule has 0 aliphatic carbocycles. The molecule has 52 heavy (non-hydrogen) atoms. The number of pyridine rings is 1. The third-order valence-electron chi connectivity index (χ3n) is 8.08. The summed E-state index contributed by atoms with van der Waals surface area (Å²) in [6, 6.07) is 8.55. The molecule has 3 aromatic rings. The van der Waals surface area contributed by atoms with Gasteiger partial charge in [0.25, 0.3) is 5.91 Å². The molecule has 0 saturated carbocycles. The number of carboxylic acid groups (broad SMARTS) is 1. The normalized spacial score (nSPS) is 16.4. The summed E-state index contributed by atoms with van der Waals surface area (Å²) in [5, 5.41) is 15.0. The highest BCUT2D eigenvalue weighted by molar-refractivity contribution is 8.26. The fourth-order valence-electron chi connectivity index (χ4n) is 5.36. The number of anilines is 1. The van der Waals surface area contributed by atoms with E-state index in [-0.39, 0.29) is 51.6 Å². The van der Waals surface area contributed by atoms with Gasteiger partial charge >= 0.3 is 18.3 Å². The first kappa shape index (κ1) is 38.7. The van der Waals surface area contributed by atoms with Gasteiger partial charge in [0.1, 0.15) is 10.0 Å². The third kappa shape index (κ3) is 10.1. The van der Waals surface area contributed by atoms with Gasteiger partial charge in [-0.1, -0.05) is 30.0 Å². The van der Waals surface area contributed by atoms with Crippen LogP contribution in [0.3, 0.4) is 0 Å². The lowest BCUT2D eigenvalue weighted by atomic mass is 9.97. The smallest absolute Gasteiger partial charge is 0.416 e. The van der Waals surface area contributed by atoms with Gasteiger partial charge in [-0.05, 0) is 70.8 Å². The number of morpholine rings is 1. The van der Waals surface area contributed by atoms with E-state index < -0.39 is 41.3 Å². The quantitative estimate of drug-likeness (QED) is 0.113. The van der Waals surface area contributed by atoms with Crippen molar-refractivity contribution in [1.82, 2.24) is 20.1 Å². The molecule has 5 rings (SSSR count). The fraction of sp³-hybridized carbons (Fsp3) is 0.324. The molecule has 2 amide bonds. The Kier molecular flexibility index (Phi) is 12.2. The summed E-state index contributed by atoms with van der Waals surface area (Å²) < 4.78 is 87.4. The van der Waals surface area contributed by atoms with Gasteiger partial charge in [0, 0.05) is 57.6 Å². The lowest BCUT2D eigenvalue weighted by Crippen LogP contribution is -2.39. The second-order valence-corrected chi connectivity index (χ2v) is 13.4. The van der Waals surface area contributed by atoms with Crippen LogP contribution in [-0.2, 0) is 33.2 Å². The topological polar surface area (TPSA) is 124 Å². The summed E-state index contributed by atoms with van der Waals surface area (Å²) in [4.78, 5) is 44.4. The molecular formula is C34H31F6N5O5S2. The average molecular weight is 768 g/mol. The number of carbonyl (C=O) groups excluding carboxylic acids is 2. The third-order valence-corrected chi connectivity index (χ3v) is 9.45. The maximum Gasteiger partial charge on any atom is 0.416 e. The molecule has 3 heterocycles. The Morgan fingerprint density at radius 3 is 2.31 bits per heavy atom. The zero-order chi connectivity index (χ0) is 37.6. The molecule has 2 aliphatic rings. The Labute approximate surface area is 303 Å². The zero-order valence-corrected chi connectivity index (χ0v) is 28.8. The molecule has 0 unspecified atom stereocenters. The van der Waals surface area contributed by atoms with E-state index in [0.717, 1.165) is 24.9 Å². The van der Waals surface area contributed by atoms with Crippen molar-refractivity contribution < 1.29 is 50.6 Å². The van der Waals surface area contributed by atoms with Crippen molar-refractivity contribution >= 4 is 57.8 Å². The van der Waals surface area contributed by atoms with E-state index in [0.29, 0.717) is 55.3 Å². The molecule has 2 aromatic carbocycles. The number of rotatable bonds is 12. The first-order valence-electron chi connectivity index (χ1n) is 15.8. The maximum absolute atomic E-state index is 13.6. The number of hydrogen-bond donors (Lipinski definition) is 3. The minimum atomic E-state index is -5.03. The molecule has 2 aliphatic heterocycles. The van der Waals surface area contributed by atoms with Crippen molar-refractivity contribution in [1.29, 1.82) is 0 Å². The Morgan fingerprint density at radius 1 is 0.962 bits per heavy atom. The number of aromatic carboxylic acids is 1. The lowest BCUT2D eigenvalue weighted by Gasteiger charge is -2.26. The summed E-state index contributed by atoms with van der Waals surface area (Å²) in [5.74, 6) is -2.19. The van der Waals surface area contributed by atoms with E-state index in [1.807, 2.05) is 0 Å². The number of carbonyl (C=O) groups is 3. The van der Waals surface area contributed by atoms with Crippen LogP contribution < -0.4 is 10.6 Å². The van der Waals surface area contributed by atoms with Crippen LogP contribution in [0.2, 0.25) is 0 Å². The summed E-state index contributed by atoms with van der Waals surface area (Å²) in [6.45, 7) is 3.61. The van der Waals surface area contributed by atoms with E-state index in [1.165, 1.54) is 41.4 Å². The Balaban J connectivity index is 1.36. The number of alkyl halides is 6. The standard InChI is InChI=1S/C34H31F6N5O5S2/c35-33(36,37)24-15-22(16-25(18-24)34(38,39)40)21-1-2-26(42-6-8-44-9-11-50-12-10-44)23(14-21)17-28-30(47)45(32(51)52-28)7-4-29(46)43-19-20-3-5-41-27(13-20)31(48)49/h1-3,5,13-18,42H,4,6-12,19H2,(H,43,46)(H,48,49). The second-order valence-electron chi connectivity index (χ2n) is 11.7. The number of carboxylic acids is 1. The van der Waals surface area contributed by atoms with E-state index in [2.05, 4.69) is 20.5 Å². The number of amides is 2. The minimum absolute atomic E-state index is 0.0218. The lowest BCUT2D eigenvalue weighted by molar-refractivity contribution is -0.143. The van der Waals surface area contributed by atoms with Crippen LogP contribution in [0.15, 0.2) is 59.6 Å². The van der Waals surface area contributed by atoms with Crippen LogP contribution in [0.4, 0.5) is 32.0 Å². The number of thioether (sulfide) groups is 1. The average Bonchev–Trinajstić information content (AvgIpc) is 3.37. The molecule has 276 valence electrons. The number of thiocarbonyl (C=S) groups is 1. The van der Waals surface area contributed by atoms with Crippen LogP contribution in [0, 0.1) is 0 Å². The largest absolute Gasteiger partial charge is 0.477 e. The molecule has 2 fully saturated rings. The molecular weight excluding hydrogens is 737 g/mol. The number of halogens is 6. The van der Waals surface area contributed by atoms with Gasteiger partial charge < -0.3 is 20.5 Å². The van der Waals surface area contributed by atoms with Crippen molar-refractivity contribution in [3.8, 4) is 11.1 Å². The van der Waals surface area contributed by atoms with Crippen molar-refractivity contribution in [2.75, 3.05) is 51.3 Å². The van der Waals surface area contributed by atoms with Gasteiger partial charge in [0.15, 0.2) is 0 Å². The number of hydrogen-bond acceptors (Lipinski definition) is 9. The summed E-state index contributed by atoms with van der Waals surface area (Å²) >= 11 is 6.35. The molecule has 1 aromatic heterocycles. The van der Waals surface area contributed by atoms with E-state index in [4.69, 9.17) is 22.1 Å². The maximum atomic E-state index is 13.6. The molecule has 10 nitrogen and oxygen atoms in total. The van der Waals surface area contributed by atoms with Crippen molar-refractivity contribution in [2.45, 2.75) is 25.3 Å². The second kappa shape index (κ2) is 16.4. The van der Waals surface area contributed by atoms with Crippen LogP contribution in [-0.4, -0.2) is 87.9 Å². The van der Waals surface area contributed by atoms with Gasteiger partial charge in [-0.2, -0.15) is 26.3 Å². The predicted molar refractivity (Wildman–Crippen MR) is 185 cm³/mol. The Hall–Kier alpha value is -4.52. The van der Waals surface area contributed by atoms with E-state index in [1.54, 1.807) is 6.07 Å². The molecule has 3 N–H and O–H groups in total. The van der Waals surface area contributed by atoms with Crippen LogP contribution in [0.25, 0.3) is 17.2 Å². The van der Waals surface area contributed by atoms with Crippen LogP contribution in [0.1, 0.15) is 39.2 Å². The summed E-state index contributed by atoms with van der Waals surface area (Å²) in [5.41, 5.74) is -2.05. The molecule has 0 atom stereocenters. The van der Waals surface area contributed by atoms with Crippen molar-refractivity contribution in [3.05, 3.63) is 87.6 Å². The van der Waals surface area contributed by atoms with Gasteiger partial charge in [-0.15, -0.1) is 0 Å². The molecule has 2 saturated heterocycles. The molecule has 0 spiro atoms. The van der Waals surface area contributed by atoms with E-state index in [9.17, 15) is 40.7 Å². The van der Waals surface area contributed by atoms with Crippen LogP contribution in [0.5, 0.6) is 0 Å². The van der Waals surface area contributed by atoms with E-state index >= 15 is 0 Å². The van der Waals surface area contributed by atoms with Crippen LogP contribution >= 0.6 is 24.0 Å². The first-order valence-corrected chi connectivity index (χ1v) is 17.0. The zero-order valence-electron chi connectivity index (χ0n) is 27.1. The number of ether oxygens (including phenoxy) is 1. The first-order chi connectivity index (χ1) is 24.6. The summed E-state index contributed by atoms with van der Waals surface area (Å²) in [7, 11) is 0. The van der Waals surface area contributed by atoms with Gasteiger partial charge in [-0.3, -0.25) is 19.4 Å². The molecule has 0 radical (unpaired) electrons. The number of aromatic nitrogens is 1. The minimum Gasteiger partial charge on any atom is -0.477 e. The Morgan fingerprint density at radius 2 is 1.65 bits per heavy atom. The molecule has 0 bridgehead atoms. The number of nitrogens with zero attached hydrogens (tertiary/aromatic N) is 3.